The van der Waals surface area contributed by atoms with Gasteiger partial charge in [-0.25, -0.2) is 0 Å². The van der Waals surface area contributed by atoms with E-state index in [-0.39, 0.29) is 6.10 Å². The third-order valence-corrected chi connectivity index (χ3v) is 7.19. The average Bonchev–Trinajstić information content (AvgIpc) is 3.10. The van der Waals surface area contributed by atoms with Gasteiger partial charge >= 0.3 is 5.97 Å². The Balaban J connectivity index is 1.29. The molecule has 1 aliphatic carbocycles. The van der Waals surface area contributed by atoms with E-state index in [0.717, 1.165) is 66.6 Å². The lowest BCUT2D eigenvalue weighted by molar-refractivity contribution is -0.917. The lowest BCUT2D eigenvalue weighted by Crippen LogP contribution is -2.56. The molecule has 2 heterocycles. The molecule has 1 fully saturated rings. The Morgan fingerprint density at radius 3 is 2.39 bits per heavy atom. The third-order valence-electron chi connectivity index (χ3n) is 7.19. The average molecular weight is 443 g/mol. The van der Waals surface area contributed by atoms with Crippen molar-refractivity contribution in [2.45, 2.75) is 37.4 Å². The Bertz CT molecular complexity index is 1100. The number of pyridine rings is 1. The molecule has 2 atom stereocenters. The summed E-state index contributed by atoms with van der Waals surface area (Å²) in [6.07, 6.45) is 5.35. The Morgan fingerprint density at radius 1 is 1.06 bits per heavy atom. The first-order valence-corrected chi connectivity index (χ1v) is 11.8. The van der Waals surface area contributed by atoms with E-state index in [1.165, 1.54) is 0 Å². The van der Waals surface area contributed by atoms with Crippen LogP contribution in [0.1, 0.15) is 36.1 Å². The van der Waals surface area contributed by atoms with E-state index in [2.05, 4.69) is 18.1 Å². The summed E-state index contributed by atoms with van der Waals surface area (Å²) in [7, 11) is 2.23. The Labute approximate surface area is 195 Å². The second-order valence-corrected chi connectivity index (χ2v) is 9.62. The normalized spacial score (nSPS) is 22.9. The van der Waals surface area contributed by atoms with E-state index >= 15 is 0 Å². The number of nitrogens with zero attached hydrogens (tertiary/aromatic N) is 2. The van der Waals surface area contributed by atoms with E-state index in [0.29, 0.717) is 11.1 Å². The summed E-state index contributed by atoms with van der Waals surface area (Å²) >= 11 is 0. The van der Waals surface area contributed by atoms with Gasteiger partial charge < -0.3 is 14.3 Å². The van der Waals surface area contributed by atoms with Gasteiger partial charge in [-0.3, -0.25) is 9.78 Å². The van der Waals surface area contributed by atoms with Crippen LogP contribution in [-0.2, 0) is 21.6 Å². The van der Waals surface area contributed by atoms with Gasteiger partial charge in [0.15, 0.2) is 6.10 Å². The van der Waals surface area contributed by atoms with Crippen molar-refractivity contribution < 1.29 is 19.1 Å². The zero-order valence-electron chi connectivity index (χ0n) is 19.1. The number of rotatable bonds is 6. The molecule has 0 bridgehead atoms. The van der Waals surface area contributed by atoms with Gasteiger partial charge in [0.25, 0.3) is 0 Å². The van der Waals surface area contributed by atoms with Crippen molar-refractivity contribution >= 4 is 5.97 Å². The monoisotopic (exact) mass is 442 g/mol. The van der Waals surface area contributed by atoms with Crippen LogP contribution < -0.4 is 5.11 Å². The van der Waals surface area contributed by atoms with Crippen LogP contribution in [0.25, 0.3) is 11.1 Å². The SMILES string of the molecule is C[N@@+]1(CCCc2ccccn2)CCCC(OC(=O)C2([O-])c3ccccc3-c3ccccc32)C1. The molecule has 0 saturated carbocycles. The van der Waals surface area contributed by atoms with Crippen molar-refractivity contribution in [2.24, 2.45) is 0 Å². The number of carbonyl (C=O) groups excluding carboxylic acids is 1. The molecule has 1 unspecified atom stereocenters. The smallest absolute Gasteiger partial charge is 0.304 e. The molecule has 5 heteroatoms. The summed E-state index contributed by atoms with van der Waals surface area (Å²) in [5.74, 6) is -0.674. The topological polar surface area (TPSA) is 62.2 Å². The zero-order chi connectivity index (χ0) is 22.9. The summed E-state index contributed by atoms with van der Waals surface area (Å²) in [6, 6.07) is 20.8. The highest BCUT2D eigenvalue weighted by Crippen LogP contribution is 2.46. The minimum atomic E-state index is -2.01. The molecular formula is C28H30N2O3. The lowest BCUT2D eigenvalue weighted by atomic mass is 9.91. The quantitative estimate of drug-likeness (QED) is 0.433. The second kappa shape index (κ2) is 8.73. The van der Waals surface area contributed by atoms with Gasteiger partial charge in [-0.2, -0.15) is 0 Å². The van der Waals surface area contributed by atoms with Crippen molar-refractivity contribution in [3.8, 4) is 11.1 Å². The van der Waals surface area contributed by atoms with Gasteiger partial charge in [-0.05, 0) is 47.2 Å². The molecule has 2 aromatic carbocycles. The Morgan fingerprint density at radius 2 is 1.73 bits per heavy atom. The predicted molar refractivity (Wildman–Crippen MR) is 125 cm³/mol. The lowest BCUT2D eigenvalue weighted by Gasteiger charge is -2.43. The molecule has 1 aromatic heterocycles. The van der Waals surface area contributed by atoms with Crippen LogP contribution in [-0.4, -0.2) is 48.2 Å². The van der Waals surface area contributed by atoms with Crippen molar-refractivity contribution in [3.63, 3.8) is 0 Å². The van der Waals surface area contributed by atoms with Gasteiger partial charge in [0.2, 0.25) is 0 Å². The molecule has 3 aromatic rings. The molecular weight excluding hydrogens is 412 g/mol. The number of quaternary nitrogens is 1. The maximum absolute atomic E-state index is 14.1. The van der Waals surface area contributed by atoms with Crippen LogP contribution in [0.3, 0.4) is 0 Å². The standard InChI is InChI=1S/C28H30N2O3/c1-30(18-8-11-21-10-6-7-17-29-21)19-9-12-22(20-30)33-27(31)28(32)25-15-4-2-13-23(25)24-14-3-5-16-26(24)28/h2-7,10,13-17,22H,8-9,11-12,18-20H2,1H3/t22?,30-/m1/s1. The van der Waals surface area contributed by atoms with Gasteiger partial charge in [0, 0.05) is 30.3 Å². The number of aryl methyl sites for hydroxylation is 1. The molecule has 1 saturated heterocycles. The number of hydrogen-bond acceptors (Lipinski definition) is 4. The maximum Gasteiger partial charge on any atom is 0.304 e. The summed E-state index contributed by atoms with van der Waals surface area (Å²) in [6.45, 7) is 2.80. The first kappa shape index (κ1) is 21.8. The Hall–Kier alpha value is -3.02. The van der Waals surface area contributed by atoms with E-state index in [1.54, 1.807) is 12.1 Å². The largest absolute Gasteiger partial charge is 0.834 e. The van der Waals surface area contributed by atoms with Gasteiger partial charge in [-0.1, -0.05) is 54.6 Å². The zero-order valence-corrected chi connectivity index (χ0v) is 19.1. The van der Waals surface area contributed by atoms with Crippen LogP contribution in [0.5, 0.6) is 0 Å². The number of ether oxygens (including phenoxy) is 1. The fraction of sp³-hybridized carbons (Fsp3) is 0.357. The van der Waals surface area contributed by atoms with E-state index in [9.17, 15) is 9.90 Å². The first-order chi connectivity index (χ1) is 16.0. The van der Waals surface area contributed by atoms with Gasteiger partial charge in [0.05, 0.1) is 20.1 Å². The summed E-state index contributed by atoms with van der Waals surface area (Å²) in [5, 5.41) is 14.1. The number of piperidine rings is 1. The molecule has 2 aliphatic rings. The second-order valence-electron chi connectivity index (χ2n) is 9.62. The Kier molecular flexibility index (Phi) is 5.77. The molecule has 0 N–H and O–H groups in total. The number of carbonyl (C=O) groups is 1. The minimum Gasteiger partial charge on any atom is -0.834 e. The number of likely N-dealkylation sites (tertiary alicyclic amines) is 1. The summed E-state index contributed by atoms with van der Waals surface area (Å²) in [5.41, 5.74) is 1.76. The number of fused-ring (bicyclic) bond motifs is 3. The minimum absolute atomic E-state index is 0.239. The number of aromatic nitrogens is 1. The van der Waals surface area contributed by atoms with Crippen LogP contribution in [0.2, 0.25) is 0 Å². The van der Waals surface area contributed by atoms with Gasteiger partial charge in [0.1, 0.15) is 6.54 Å². The van der Waals surface area contributed by atoms with E-state index < -0.39 is 11.6 Å². The first-order valence-electron chi connectivity index (χ1n) is 11.8. The molecule has 1 aliphatic heterocycles. The van der Waals surface area contributed by atoms with Crippen LogP contribution in [0.4, 0.5) is 0 Å². The number of benzene rings is 2. The molecule has 0 radical (unpaired) electrons. The third kappa shape index (κ3) is 4.07. The van der Waals surface area contributed by atoms with E-state index in [4.69, 9.17) is 4.74 Å². The maximum atomic E-state index is 14.1. The summed E-state index contributed by atoms with van der Waals surface area (Å²) < 4.78 is 6.82. The molecule has 170 valence electrons. The fourth-order valence-electron chi connectivity index (χ4n) is 5.51. The number of likely N-dealkylation sites (N-methyl/N-ethyl adjacent to an activating group) is 1. The van der Waals surface area contributed by atoms with Crippen molar-refractivity contribution in [1.82, 2.24) is 4.98 Å². The highest BCUT2D eigenvalue weighted by atomic mass is 16.6. The predicted octanol–water partition coefficient (Wildman–Crippen LogP) is 3.45. The van der Waals surface area contributed by atoms with Crippen molar-refractivity contribution in [3.05, 3.63) is 89.7 Å². The van der Waals surface area contributed by atoms with Crippen molar-refractivity contribution in [1.29, 1.82) is 0 Å². The molecule has 0 spiro atoms. The van der Waals surface area contributed by atoms with Gasteiger partial charge in [-0.15, -0.1) is 0 Å². The number of hydrogen-bond donors (Lipinski definition) is 0. The van der Waals surface area contributed by atoms with E-state index in [1.807, 2.05) is 54.7 Å². The van der Waals surface area contributed by atoms with Crippen LogP contribution in [0.15, 0.2) is 72.9 Å². The molecule has 0 amide bonds. The fourth-order valence-corrected chi connectivity index (χ4v) is 5.51. The van der Waals surface area contributed by atoms with Crippen LogP contribution in [0, 0.1) is 0 Å². The van der Waals surface area contributed by atoms with Crippen molar-refractivity contribution in [2.75, 3.05) is 26.7 Å². The molecule has 5 nitrogen and oxygen atoms in total. The van der Waals surface area contributed by atoms with Crippen LogP contribution >= 0.6 is 0 Å². The highest BCUT2D eigenvalue weighted by molar-refractivity contribution is 5.95. The highest BCUT2D eigenvalue weighted by Gasteiger charge is 2.42. The molecule has 33 heavy (non-hydrogen) atoms. The number of esters is 1. The summed E-state index contributed by atoms with van der Waals surface area (Å²) in [4.78, 5) is 17.8. The molecule has 5 rings (SSSR count).